The Bertz CT molecular complexity index is 540. The fraction of sp³-hybridized carbons (Fsp3) is 0.357. The molecule has 0 fully saturated rings. The monoisotopic (exact) mass is 281 g/mol. The highest BCUT2D eigenvalue weighted by Crippen LogP contribution is 2.19. The van der Waals surface area contributed by atoms with E-state index in [9.17, 15) is 8.78 Å². The number of benzene rings is 1. The molecular formula is C14H17F2N3O. The van der Waals surface area contributed by atoms with Crippen LogP contribution in [0.2, 0.25) is 0 Å². The van der Waals surface area contributed by atoms with Crippen LogP contribution in [0.4, 0.5) is 8.78 Å². The summed E-state index contributed by atoms with van der Waals surface area (Å²) in [5.74, 6) is 0.168. The molecule has 2 aromatic rings. The van der Waals surface area contributed by atoms with Gasteiger partial charge in [0.25, 0.3) is 0 Å². The normalized spacial score (nSPS) is 12.7. The molecule has 6 heteroatoms. The van der Waals surface area contributed by atoms with Crippen LogP contribution < -0.4 is 10.1 Å². The topological polar surface area (TPSA) is 49.9 Å². The Morgan fingerprint density at radius 3 is 2.55 bits per heavy atom. The molecule has 2 rings (SSSR count). The van der Waals surface area contributed by atoms with E-state index in [0.717, 1.165) is 16.8 Å². The van der Waals surface area contributed by atoms with E-state index in [4.69, 9.17) is 0 Å². The summed E-state index contributed by atoms with van der Waals surface area (Å²) in [5.41, 5.74) is 3.15. The number of halogens is 2. The standard InChI is InChI=1S/C14H17F2N3O/c1-9(17-7-12-8-18-19-10(12)2)11-3-5-13(6-4-11)20-14(15)16/h3-6,8-9,14,17H,7H2,1-2H3,(H,18,19). The molecule has 4 nitrogen and oxygen atoms in total. The molecule has 0 aliphatic carbocycles. The van der Waals surface area contributed by atoms with Crippen molar-refractivity contribution >= 4 is 0 Å². The van der Waals surface area contributed by atoms with Crippen LogP contribution in [0, 0.1) is 6.92 Å². The van der Waals surface area contributed by atoms with Gasteiger partial charge in [0.15, 0.2) is 0 Å². The lowest BCUT2D eigenvalue weighted by Crippen LogP contribution is -2.18. The largest absolute Gasteiger partial charge is 0.435 e. The quantitative estimate of drug-likeness (QED) is 0.855. The molecule has 1 aromatic carbocycles. The predicted molar refractivity (Wildman–Crippen MR) is 71.7 cm³/mol. The van der Waals surface area contributed by atoms with E-state index in [1.165, 1.54) is 0 Å². The van der Waals surface area contributed by atoms with Crippen molar-refractivity contribution in [2.45, 2.75) is 33.0 Å². The number of H-pyrrole nitrogens is 1. The maximum absolute atomic E-state index is 12.1. The van der Waals surface area contributed by atoms with E-state index >= 15 is 0 Å². The SMILES string of the molecule is Cc1[nH]ncc1CNC(C)c1ccc(OC(F)F)cc1. The summed E-state index contributed by atoms with van der Waals surface area (Å²) in [6.45, 7) is 1.88. The van der Waals surface area contributed by atoms with Gasteiger partial charge >= 0.3 is 6.61 Å². The average Bonchev–Trinajstić information content (AvgIpc) is 2.82. The number of rotatable bonds is 6. The molecule has 2 N–H and O–H groups in total. The van der Waals surface area contributed by atoms with E-state index in [0.29, 0.717) is 6.54 Å². The van der Waals surface area contributed by atoms with Crippen LogP contribution >= 0.6 is 0 Å². The van der Waals surface area contributed by atoms with Gasteiger partial charge in [-0.15, -0.1) is 0 Å². The number of alkyl halides is 2. The van der Waals surface area contributed by atoms with E-state index in [1.54, 1.807) is 30.5 Å². The zero-order chi connectivity index (χ0) is 14.5. The number of ether oxygens (including phenoxy) is 1. The van der Waals surface area contributed by atoms with Crippen molar-refractivity contribution < 1.29 is 13.5 Å². The minimum absolute atomic E-state index is 0.102. The molecule has 1 aromatic heterocycles. The van der Waals surface area contributed by atoms with E-state index in [2.05, 4.69) is 20.3 Å². The maximum atomic E-state index is 12.1. The van der Waals surface area contributed by atoms with Crippen LogP contribution in [0.25, 0.3) is 0 Å². The molecule has 0 aliphatic rings. The Hall–Kier alpha value is -1.95. The second-order valence-corrected chi connectivity index (χ2v) is 4.57. The minimum Gasteiger partial charge on any atom is -0.435 e. The number of hydrogen-bond donors (Lipinski definition) is 2. The highest BCUT2D eigenvalue weighted by Gasteiger charge is 2.08. The van der Waals surface area contributed by atoms with Crippen LogP contribution in [0.5, 0.6) is 5.75 Å². The fourth-order valence-corrected chi connectivity index (χ4v) is 1.87. The molecule has 0 amide bonds. The molecule has 0 saturated heterocycles. The first kappa shape index (κ1) is 14.5. The highest BCUT2D eigenvalue weighted by molar-refractivity contribution is 5.29. The van der Waals surface area contributed by atoms with Gasteiger partial charge in [-0.05, 0) is 31.5 Å². The Morgan fingerprint density at radius 1 is 1.30 bits per heavy atom. The predicted octanol–water partition coefficient (Wildman–Crippen LogP) is 3.17. The molecule has 0 radical (unpaired) electrons. The summed E-state index contributed by atoms with van der Waals surface area (Å²) in [6, 6.07) is 6.74. The third-order valence-electron chi connectivity index (χ3n) is 3.14. The van der Waals surface area contributed by atoms with Crippen LogP contribution in [0.1, 0.15) is 29.8 Å². The van der Waals surface area contributed by atoms with Crippen LogP contribution in [-0.2, 0) is 6.54 Å². The lowest BCUT2D eigenvalue weighted by molar-refractivity contribution is -0.0498. The van der Waals surface area contributed by atoms with Crippen LogP contribution in [-0.4, -0.2) is 16.8 Å². The molecule has 0 aliphatic heterocycles. The van der Waals surface area contributed by atoms with Crippen molar-refractivity contribution in [2.75, 3.05) is 0 Å². The molecule has 0 spiro atoms. The molecule has 1 unspecified atom stereocenters. The van der Waals surface area contributed by atoms with Crippen molar-refractivity contribution in [2.24, 2.45) is 0 Å². The fourth-order valence-electron chi connectivity index (χ4n) is 1.87. The van der Waals surface area contributed by atoms with Crippen LogP contribution in [0.15, 0.2) is 30.5 Å². The van der Waals surface area contributed by atoms with Gasteiger partial charge in [-0.25, -0.2) is 0 Å². The number of nitrogens with one attached hydrogen (secondary N) is 2. The van der Waals surface area contributed by atoms with Crippen molar-refractivity contribution in [3.8, 4) is 5.75 Å². The van der Waals surface area contributed by atoms with Crippen molar-refractivity contribution in [3.05, 3.63) is 47.3 Å². The molecule has 0 saturated carbocycles. The Kier molecular flexibility index (Phi) is 4.68. The van der Waals surface area contributed by atoms with Gasteiger partial charge in [0.2, 0.25) is 0 Å². The first-order valence-electron chi connectivity index (χ1n) is 6.33. The summed E-state index contributed by atoms with van der Waals surface area (Å²) in [4.78, 5) is 0. The number of hydrogen-bond acceptors (Lipinski definition) is 3. The highest BCUT2D eigenvalue weighted by atomic mass is 19.3. The third-order valence-corrected chi connectivity index (χ3v) is 3.14. The molecule has 0 bridgehead atoms. The second-order valence-electron chi connectivity index (χ2n) is 4.57. The summed E-state index contributed by atoms with van der Waals surface area (Å²) < 4.78 is 28.4. The van der Waals surface area contributed by atoms with Gasteiger partial charge in [-0.2, -0.15) is 13.9 Å². The van der Waals surface area contributed by atoms with Gasteiger partial charge in [0, 0.05) is 23.8 Å². The number of aromatic amines is 1. The Balaban J connectivity index is 1.92. The van der Waals surface area contributed by atoms with Crippen molar-refractivity contribution in [1.82, 2.24) is 15.5 Å². The van der Waals surface area contributed by atoms with Crippen molar-refractivity contribution in [1.29, 1.82) is 0 Å². The summed E-state index contributed by atoms with van der Waals surface area (Å²) in [6.07, 6.45) is 1.79. The Labute approximate surface area is 116 Å². The smallest absolute Gasteiger partial charge is 0.387 e. The van der Waals surface area contributed by atoms with E-state index in [1.807, 2.05) is 13.8 Å². The van der Waals surface area contributed by atoms with Gasteiger partial charge in [-0.1, -0.05) is 12.1 Å². The lowest BCUT2D eigenvalue weighted by atomic mass is 10.1. The third kappa shape index (κ3) is 3.77. The first-order chi connectivity index (χ1) is 9.56. The molecule has 1 atom stereocenters. The summed E-state index contributed by atoms with van der Waals surface area (Å²) >= 11 is 0. The minimum atomic E-state index is -2.79. The van der Waals surface area contributed by atoms with Gasteiger partial charge in [-0.3, -0.25) is 5.10 Å². The average molecular weight is 281 g/mol. The second kappa shape index (κ2) is 6.47. The zero-order valence-electron chi connectivity index (χ0n) is 11.4. The molecule has 20 heavy (non-hydrogen) atoms. The summed E-state index contributed by atoms with van der Waals surface area (Å²) in [5, 5.41) is 10.2. The lowest BCUT2D eigenvalue weighted by Gasteiger charge is -2.14. The molecular weight excluding hydrogens is 264 g/mol. The zero-order valence-corrected chi connectivity index (χ0v) is 11.4. The summed E-state index contributed by atoms with van der Waals surface area (Å²) in [7, 11) is 0. The van der Waals surface area contributed by atoms with Gasteiger partial charge < -0.3 is 10.1 Å². The van der Waals surface area contributed by atoms with Gasteiger partial charge in [0.1, 0.15) is 5.75 Å². The number of aromatic nitrogens is 2. The van der Waals surface area contributed by atoms with E-state index in [-0.39, 0.29) is 11.8 Å². The van der Waals surface area contributed by atoms with Crippen LogP contribution in [0.3, 0.4) is 0 Å². The maximum Gasteiger partial charge on any atom is 0.387 e. The molecule has 108 valence electrons. The van der Waals surface area contributed by atoms with E-state index < -0.39 is 6.61 Å². The van der Waals surface area contributed by atoms with Gasteiger partial charge in [0.05, 0.1) is 6.20 Å². The van der Waals surface area contributed by atoms with Crippen molar-refractivity contribution in [3.63, 3.8) is 0 Å². The Morgan fingerprint density at radius 2 is 2.00 bits per heavy atom. The number of nitrogens with zero attached hydrogens (tertiary/aromatic N) is 1. The first-order valence-corrected chi connectivity index (χ1v) is 6.33. The number of aryl methyl sites for hydroxylation is 1. The molecule has 1 heterocycles.